The molecule has 9 nitrogen and oxygen atoms in total. The second kappa shape index (κ2) is 18.1. The van der Waals surface area contributed by atoms with Crippen molar-refractivity contribution in [2.75, 3.05) is 52.8 Å². The molecule has 0 unspecified atom stereocenters. The second-order valence-electron chi connectivity index (χ2n) is 6.23. The van der Waals surface area contributed by atoms with Gasteiger partial charge in [0.15, 0.2) is 0 Å². The zero-order valence-electron chi connectivity index (χ0n) is 19.8. The van der Waals surface area contributed by atoms with Crippen molar-refractivity contribution in [2.24, 2.45) is 0 Å². The zero-order valence-corrected chi connectivity index (χ0v) is 21.8. The van der Waals surface area contributed by atoms with Crippen LogP contribution in [0.1, 0.15) is 54.4 Å². The molecule has 1 N–H and O–H groups in total. The highest BCUT2D eigenvalue weighted by Gasteiger charge is 2.40. The number of rotatable bonds is 20. The van der Waals surface area contributed by atoms with Crippen LogP contribution in [0.25, 0.3) is 0 Å². The van der Waals surface area contributed by atoms with E-state index in [1.807, 2.05) is 41.5 Å². The summed E-state index contributed by atoms with van der Waals surface area (Å²) in [4.78, 5) is 11.9. The molecule has 0 fully saturated rings. The van der Waals surface area contributed by atoms with Crippen LogP contribution in [0, 0.1) is 0 Å². The van der Waals surface area contributed by atoms with E-state index in [0.29, 0.717) is 71.1 Å². The van der Waals surface area contributed by atoms with E-state index >= 15 is 0 Å². The van der Waals surface area contributed by atoms with E-state index in [1.165, 1.54) is 0 Å². The Labute approximate surface area is 184 Å². The first-order valence-corrected chi connectivity index (χ1v) is 15.1. The molecule has 0 aromatic heterocycles. The number of carbonyl (C=O) groups is 1. The normalized spacial score (nSPS) is 12.2. The molecule has 11 heteroatoms. The van der Waals surface area contributed by atoms with Crippen molar-refractivity contribution in [1.29, 1.82) is 0 Å². The van der Waals surface area contributed by atoms with Crippen LogP contribution in [0.2, 0.25) is 12.1 Å². The third kappa shape index (κ3) is 12.3. The van der Waals surface area contributed by atoms with Crippen molar-refractivity contribution in [1.82, 2.24) is 5.32 Å². The predicted molar refractivity (Wildman–Crippen MR) is 119 cm³/mol. The van der Waals surface area contributed by atoms with Crippen molar-refractivity contribution >= 4 is 23.7 Å². The Morgan fingerprint density at radius 3 is 1.37 bits per heavy atom. The van der Waals surface area contributed by atoms with E-state index in [9.17, 15) is 4.79 Å². The standard InChI is InChI=1S/C19H43NO8Si2/c1-7-23-29(24-8-2,25-9-3)17-13-15-20-19(21)22-16-14-18-30(26-10-4,27-11-5)28-12-6/h7-18H2,1-6H3,(H,20,21). The molecule has 0 aromatic carbocycles. The molecule has 0 spiro atoms. The maximum Gasteiger partial charge on any atom is 0.501 e. The molecule has 0 heterocycles. The molecule has 0 rings (SSSR count). The number of hydrogen-bond donors (Lipinski definition) is 1. The van der Waals surface area contributed by atoms with Crippen molar-refractivity contribution in [3.05, 3.63) is 0 Å². The van der Waals surface area contributed by atoms with Crippen LogP contribution in [0.3, 0.4) is 0 Å². The lowest BCUT2D eigenvalue weighted by atomic mass is 10.5. The lowest BCUT2D eigenvalue weighted by molar-refractivity contribution is 0.0682. The third-order valence-corrected chi connectivity index (χ3v) is 10.3. The summed E-state index contributed by atoms with van der Waals surface area (Å²) in [5.74, 6) is 0. The van der Waals surface area contributed by atoms with Crippen molar-refractivity contribution < 1.29 is 36.1 Å². The first-order valence-electron chi connectivity index (χ1n) is 11.2. The number of ether oxygens (including phenoxy) is 1. The fourth-order valence-corrected chi connectivity index (χ4v) is 8.19. The SMILES string of the molecule is CCO[Si](CCCNC(=O)OCCC[Si](OCC)(OCC)OCC)(OCC)OCC. The lowest BCUT2D eigenvalue weighted by Crippen LogP contribution is -2.46. The van der Waals surface area contributed by atoms with Crippen LogP contribution in [0.5, 0.6) is 0 Å². The van der Waals surface area contributed by atoms with Crippen molar-refractivity contribution in [3.8, 4) is 0 Å². The van der Waals surface area contributed by atoms with Crippen molar-refractivity contribution in [2.45, 2.75) is 66.5 Å². The number of amides is 1. The smallest absolute Gasteiger partial charge is 0.450 e. The predicted octanol–water partition coefficient (Wildman–Crippen LogP) is 3.59. The van der Waals surface area contributed by atoms with Crippen LogP contribution in [0.4, 0.5) is 4.79 Å². The van der Waals surface area contributed by atoms with Gasteiger partial charge in [-0.3, -0.25) is 0 Å². The summed E-state index contributed by atoms with van der Waals surface area (Å²) < 4.78 is 40.1. The average molecular weight is 470 g/mol. The monoisotopic (exact) mass is 469 g/mol. The number of nitrogens with one attached hydrogen (secondary N) is 1. The van der Waals surface area contributed by atoms with Crippen LogP contribution in [-0.2, 0) is 31.3 Å². The summed E-state index contributed by atoms with van der Waals surface area (Å²) in [6.07, 6.45) is 0.869. The Morgan fingerprint density at radius 2 is 1.00 bits per heavy atom. The van der Waals surface area contributed by atoms with E-state index in [1.54, 1.807) is 0 Å². The summed E-state index contributed by atoms with van der Waals surface area (Å²) in [5.41, 5.74) is 0. The maximum absolute atomic E-state index is 11.9. The molecule has 0 aliphatic heterocycles. The highest BCUT2D eigenvalue weighted by atomic mass is 28.4. The van der Waals surface area contributed by atoms with Gasteiger partial charge in [0.1, 0.15) is 0 Å². The summed E-state index contributed by atoms with van der Waals surface area (Å²) in [7, 11) is -5.37. The minimum atomic E-state index is -2.69. The van der Waals surface area contributed by atoms with E-state index in [0.717, 1.165) is 0 Å². The third-order valence-electron chi connectivity index (χ3n) is 3.98. The van der Waals surface area contributed by atoms with E-state index < -0.39 is 23.7 Å². The van der Waals surface area contributed by atoms with Crippen LogP contribution >= 0.6 is 0 Å². The largest absolute Gasteiger partial charge is 0.501 e. The first-order chi connectivity index (χ1) is 14.5. The summed E-state index contributed by atoms with van der Waals surface area (Å²) in [6, 6.07) is 1.26. The Hall–Kier alpha value is -0.536. The van der Waals surface area contributed by atoms with Crippen LogP contribution in [0.15, 0.2) is 0 Å². The van der Waals surface area contributed by atoms with Gasteiger partial charge >= 0.3 is 23.7 Å². The van der Waals surface area contributed by atoms with Gasteiger partial charge < -0.3 is 36.6 Å². The lowest BCUT2D eigenvalue weighted by Gasteiger charge is -2.28. The molecular weight excluding hydrogens is 426 g/mol. The highest BCUT2D eigenvalue weighted by molar-refractivity contribution is 6.61. The number of carbonyl (C=O) groups excluding carboxylic acids is 1. The molecule has 0 aliphatic carbocycles. The van der Waals surface area contributed by atoms with Crippen LogP contribution < -0.4 is 5.32 Å². The molecule has 0 aromatic rings. The second-order valence-corrected chi connectivity index (χ2v) is 11.7. The van der Waals surface area contributed by atoms with Crippen molar-refractivity contribution in [3.63, 3.8) is 0 Å². The minimum absolute atomic E-state index is 0.281. The van der Waals surface area contributed by atoms with Gasteiger partial charge in [0.05, 0.1) is 6.61 Å². The number of hydrogen-bond acceptors (Lipinski definition) is 8. The fraction of sp³-hybridized carbons (Fsp3) is 0.947. The van der Waals surface area contributed by atoms with Gasteiger partial charge in [0, 0.05) is 58.3 Å². The highest BCUT2D eigenvalue weighted by Crippen LogP contribution is 2.19. The average Bonchev–Trinajstić information content (AvgIpc) is 2.70. The molecule has 30 heavy (non-hydrogen) atoms. The van der Waals surface area contributed by atoms with Crippen LogP contribution in [-0.4, -0.2) is 76.5 Å². The molecule has 0 saturated carbocycles. The first kappa shape index (κ1) is 29.5. The molecule has 1 amide bonds. The topological polar surface area (TPSA) is 93.7 Å². The molecule has 0 radical (unpaired) electrons. The molecule has 0 atom stereocenters. The molecular formula is C19H43NO8Si2. The van der Waals surface area contributed by atoms with E-state index in [2.05, 4.69) is 5.32 Å². The zero-order chi connectivity index (χ0) is 22.7. The quantitative estimate of drug-likeness (QED) is 0.214. The van der Waals surface area contributed by atoms with Gasteiger partial charge in [-0.25, -0.2) is 4.79 Å². The van der Waals surface area contributed by atoms with Gasteiger partial charge in [0.25, 0.3) is 0 Å². The van der Waals surface area contributed by atoms with E-state index in [-0.39, 0.29) is 6.61 Å². The fourth-order valence-electron chi connectivity index (χ4n) is 3.00. The Kier molecular flexibility index (Phi) is 17.8. The number of alkyl carbamates (subject to hydrolysis) is 1. The minimum Gasteiger partial charge on any atom is -0.450 e. The summed E-state index contributed by atoms with van der Waals surface area (Å²) in [6.45, 7) is 15.5. The van der Waals surface area contributed by atoms with E-state index in [4.69, 9.17) is 31.3 Å². The summed E-state index contributed by atoms with van der Waals surface area (Å²) >= 11 is 0. The Balaban J connectivity index is 4.27. The van der Waals surface area contributed by atoms with Gasteiger partial charge in [-0.15, -0.1) is 0 Å². The maximum atomic E-state index is 11.9. The Bertz CT molecular complexity index is 361. The Morgan fingerprint density at radius 1 is 0.633 bits per heavy atom. The molecule has 0 bridgehead atoms. The summed E-state index contributed by atoms with van der Waals surface area (Å²) in [5, 5.41) is 2.77. The van der Waals surface area contributed by atoms with Gasteiger partial charge in [-0.1, -0.05) is 0 Å². The van der Waals surface area contributed by atoms with Gasteiger partial charge in [-0.05, 0) is 54.4 Å². The molecule has 0 aliphatic rings. The molecule has 0 saturated heterocycles. The van der Waals surface area contributed by atoms with Gasteiger partial charge in [-0.2, -0.15) is 0 Å². The van der Waals surface area contributed by atoms with Gasteiger partial charge in [0.2, 0.25) is 0 Å². The molecule has 180 valence electrons.